The van der Waals surface area contributed by atoms with E-state index in [1.54, 1.807) is 5.57 Å². The molecule has 0 unspecified atom stereocenters. The Labute approximate surface area is 206 Å². The summed E-state index contributed by atoms with van der Waals surface area (Å²) in [5.74, 6) is 1.11. The van der Waals surface area contributed by atoms with Crippen LogP contribution in [-0.2, 0) is 11.8 Å². The summed E-state index contributed by atoms with van der Waals surface area (Å²) in [5, 5.41) is 3.93. The highest BCUT2D eigenvalue weighted by atomic mass is 16.3. The summed E-state index contributed by atoms with van der Waals surface area (Å²) in [7, 11) is 0. The van der Waals surface area contributed by atoms with Crippen molar-refractivity contribution in [1.82, 2.24) is 4.57 Å². The van der Waals surface area contributed by atoms with Crippen LogP contribution in [0.25, 0.3) is 45.2 Å². The van der Waals surface area contributed by atoms with Crippen molar-refractivity contribution >= 4 is 45.2 Å². The highest BCUT2D eigenvalue weighted by molar-refractivity contribution is 6.16. The van der Waals surface area contributed by atoms with Crippen LogP contribution in [0.1, 0.15) is 69.4 Å². The molecule has 0 N–H and O–H groups in total. The predicted octanol–water partition coefficient (Wildman–Crippen LogP) is 7.22. The van der Waals surface area contributed by atoms with E-state index >= 15 is 0 Å². The number of nitrogens with zero attached hydrogens (tertiary/aromatic N) is 1. The van der Waals surface area contributed by atoms with Crippen molar-refractivity contribution < 1.29 is 4.42 Å². The van der Waals surface area contributed by atoms with E-state index in [0.717, 1.165) is 42.6 Å². The van der Waals surface area contributed by atoms with Crippen LogP contribution in [0.3, 0.4) is 0 Å². The molecule has 0 bridgehead atoms. The molecule has 0 amide bonds. The van der Waals surface area contributed by atoms with E-state index < -0.39 is 0 Å². The van der Waals surface area contributed by atoms with Gasteiger partial charge in [-0.2, -0.15) is 0 Å². The van der Waals surface area contributed by atoms with Crippen LogP contribution >= 0.6 is 0 Å². The molecule has 2 heteroatoms. The lowest BCUT2D eigenvalue weighted by Gasteiger charge is -2.23. The second-order valence-electron chi connectivity index (χ2n) is 10.7. The summed E-state index contributed by atoms with van der Waals surface area (Å²) in [4.78, 5) is 0. The van der Waals surface area contributed by atoms with Crippen LogP contribution in [0.5, 0.6) is 0 Å². The molecule has 2 nitrogen and oxygen atoms in total. The van der Waals surface area contributed by atoms with E-state index in [-0.39, 0.29) is 5.41 Å². The van der Waals surface area contributed by atoms with Gasteiger partial charge in [0.1, 0.15) is 5.76 Å². The fraction of sp³-hybridized carbons (Fsp3) is 0.273. The Balaban J connectivity index is 1.64. The molecule has 0 fully saturated rings. The van der Waals surface area contributed by atoms with Gasteiger partial charge in [0.25, 0.3) is 0 Å². The summed E-state index contributed by atoms with van der Waals surface area (Å²) in [6, 6.07) is 13.6. The van der Waals surface area contributed by atoms with Crippen molar-refractivity contribution in [3.8, 4) is 0 Å². The lowest BCUT2D eigenvalue weighted by atomic mass is 9.80. The van der Waals surface area contributed by atoms with E-state index in [2.05, 4.69) is 99.0 Å². The fourth-order valence-corrected chi connectivity index (χ4v) is 6.86. The number of aryl methyl sites for hydroxylation is 1. The molecule has 0 aliphatic heterocycles. The second kappa shape index (κ2) is 7.24. The van der Waals surface area contributed by atoms with Crippen LogP contribution in [0.4, 0.5) is 0 Å². The van der Waals surface area contributed by atoms with Gasteiger partial charge in [0.05, 0.1) is 16.7 Å². The number of hydrogen-bond acceptors (Lipinski definition) is 1. The normalized spacial score (nSPS) is 19.5. The van der Waals surface area contributed by atoms with E-state index in [9.17, 15) is 0 Å². The fourth-order valence-electron chi connectivity index (χ4n) is 6.86. The minimum absolute atomic E-state index is 0.0362. The molecule has 7 rings (SSSR count). The number of hydrogen-bond donors (Lipinski definition) is 0. The van der Waals surface area contributed by atoms with E-state index in [1.165, 1.54) is 49.3 Å². The zero-order valence-electron chi connectivity index (χ0n) is 21.0. The van der Waals surface area contributed by atoms with Crippen molar-refractivity contribution in [2.75, 3.05) is 0 Å². The molecular formula is C33H31NO. The van der Waals surface area contributed by atoms with Gasteiger partial charge in [-0.3, -0.25) is 0 Å². The molecule has 4 aromatic rings. The quantitative estimate of drug-likeness (QED) is 0.295. The third-order valence-electron chi connectivity index (χ3n) is 8.49. The third-order valence-corrected chi connectivity index (χ3v) is 8.49. The average molecular weight is 458 g/mol. The smallest absolute Gasteiger partial charge is 0.154 e. The number of benzene rings is 2. The molecule has 2 aromatic carbocycles. The largest absolute Gasteiger partial charge is 0.459 e. The van der Waals surface area contributed by atoms with Crippen molar-refractivity contribution in [3.63, 3.8) is 0 Å². The Morgan fingerprint density at radius 1 is 0.971 bits per heavy atom. The first-order chi connectivity index (χ1) is 17.0. The Morgan fingerprint density at radius 3 is 2.63 bits per heavy atom. The van der Waals surface area contributed by atoms with Gasteiger partial charge >= 0.3 is 0 Å². The van der Waals surface area contributed by atoms with Gasteiger partial charge in [-0.25, -0.2) is 0 Å². The topological polar surface area (TPSA) is 18.1 Å². The molecule has 174 valence electrons. The van der Waals surface area contributed by atoms with Gasteiger partial charge < -0.3 is 8.98 Å². The summed E-state index contributed by atoms with van der Waals surface area (Å²) < 4.78 is 9.00. The molecule has 2 aromatic heterocycles. The minimum atomic E-state index is 0.0362. The van der Waals surface area contributed by atoms with Crippen molar-refractivity contribution in [2.45, 2.75) is 58.8 Å². The maximum Gasteiger partial charge on any atom is 0.154 e. The van der Waals surface area contributed by atoms with Crippen LogP contribution in [0.15, 0.2) is 64.6 Å². The molecule has 0 atom stereocenters. The maximum atomic E-state index is 6.56. The molecule has 0 radical (unpaired) electrons. The lowest BCUT2D eigenvalue weighted by Crippen LogP contribution is -2.26. The Hall–Kier alpha value is -3.52. The highest BCUT2D eigenvalue weighted by Gasteiger charge is 2.38. The van der Waals surface area contributed by atoms with E-state index in [1.807, 2.05) is 0 Å². The number of aromatic nitrogens is 1. The van der Waals surface area contributed by atoms with E-state index in [0.29, 0.717) is 0 Å². The first-order valence-electron chi connectivity index (χ1n) is 13.0. The van der Waals surface area contributed by atoms with Crippen molar-refractivity contribution in [2.24, 2.45) is 0 Å². The number of rotatable bonds is 1. The van der Waals surface area contributed by atoms with Crippen molar-refractivity contribution in [3.05, 3.63) is 93.3 Å². The number of fused-ring (bicyclic) bond motifs is 7. The summed E-state index contributed by atoms with van der Waals surface area (Å²) in [6.07, 6.45) is 15.7. The Bertz CT molecular complexity index is 1780. The third kappa shape index (κ3) is 2.66. The Kier molecular flexibility index (Phi) is 4.31. The molecule has 0 spiro atoms. The first-order valence-corrected chi connectivity index (χ1v) is 13.0. The number of para-hydroxylation sites is 1. The zero-order valence-corrected chi connectivity index (χ0v) is 21.0. The predicted molar refractivity (Wildman–Crippen MR) is 148 cm³/mol. The molecule has 0 saturated heterocycles. The van der Waals surface area contributed by atoms with Crippen LogP contribution in [-0.4, -0.2) is 4.57 Å². The summed E-state index contributed by atoms with van der Waals surface area (Å²) in [5.41, 5.74) is 11.9. The van der Waals surface area contributed by atoms with Gasteiger partial charge in [-0.15, -0.1) is 0 Å². The van der Waals surface area contributed by atoms with Gasteiger partial charge in [-0.1, -0.05) is 68.5 Å². The zero-order chi connectivity index (χ0) is 23.9. The molecule has 3 aliphatic carbocycles. The summed E-state index contributed by atoms with van der Waals surface area (Å²) in [6.45, 7) is 9.11. The summed E-state index contributed by atoms with van der Waals surface area (Å²) >= 11 is 0. The average Bonchev–Trinajstić information content (AvgIpc) is 3.50. The number of furan rings is 1. The van der Waals surface area contributed by atoms with Gasteiger partial charge in [-0.05, 0) is 67.5 Å². The van der Waals surface area contributed by atoms with Crippen molar-refractivity contribution in [1.29, 1.82) is 0 Å². The van der Waals surface area contributed by atoms with Crippen LogP contribution in [0.2, 0.25) is 0 Å². The van der Waals surface area contributed by atoms with E-state index in [4.69, 9.17) is 4.42 Å². The molecule has 3 aliphatic rings. The van der Waals surface area contributed by atoms with Crippen LogP contribution in [0, 0.1) is 0 Å². The number of allylic oxidation sites excluding steroid dienone is 5. The van der Waals surface area contributed by atoms with Gasteiger partial charge in [0.15, 0.2) is 5.42 Å². The first kappa shape index (κ1) is 20.8. The van der Waals surface area contributed by atoms with Gasteiger partial charge in [0, 0.05) is 33.4 Å². The lowest BCUT2D eigenvalue weighted by molar-refractivity contribution is 0.474. The molecule has 35 heavy (non-hydrogen) atoms. The molecular weight excluding hydrogens is 426 g/mol. The highest BCUT2D eigenvalue weighted by Crippen LogP contribution is 2.53. The Morgan fingerprint density at radius 2 is 1.77 bits per heavy atom. The standard InChI is InChI=1S/C33H31NO/c1-5-21-22-12-8-11-17-29(22)35-32(21)20(2)34-27-16-10-7-14-24(27)31-28(34)19-18-26-30(31)23-13-6-9-15-25(23)33(26,3)4/h5,7-10,12,14-16,18-19H,6,11,13,17H2,1-4H3/b21-5-,32-20-. The maximum absolute atomic E-state index is 6.56. The molecule has 2 heterocycles. The second-order valence-corrected chi connectivity index (χ2v) is 10.7. The minimum Gasteiger partial charge on any atom is -0.459 e. The monoisotopic (exact) mass is 457 g/mol. The SMILES string of the molecule is C/C=c1/c2c(o/c1=C(/C)n1c3ccccc3c3c4c(ccc31)C(C)(C)C1=C4CCC=C1)CCC=C2. The van der Waals surface area contributed by atoms with Crippen LogP contribution < -0.4 is 10.6 Å². The van der Waals surface area contributed by atoms with Gasteiger partial charge in [0.2, 0.25) is 0 Å². The molecule has 0 saturated carbocycles.